The molecule has 0 radical (unpaired) electrons. The summed E-state index contributed by atoms with van der Waals surface area (Å²) in [5.74, 6) is 1.52. The quantitative estimate of drug-likeness (QED) is 0.740. The van der Waals surface area contributed by atoms with Crippen molar-refractivity contribution in [1.82, 2.24) is 15.5 Å². The summed E-state index contributed by atoms with van der Waals surface area (Å²) < 4.78 is 11.6. The number of carbonyl (C=O) groups excluding carboxylic acids is 1. The number of aromatic amines is 1. The van der Waals surface area contributed by atoms with Gasteiger partial charge in [0.2, 0.25) is 0 Å². The molecule has 1 aliphatic rings. The van der Waals surface area contributed by atoms with Crippen molar-refractivity contribution in [2.45, 2.75) is 32.9 Å². The minimum atomic E-state index is -0.155. The molecule has 0 saturated carbocycles. The van der Waals surface area contributed by atoms with E-state index in [0.29, 0.717) is 18.7 Å². The Morgan fingerprint density at radius 1 is 1.42 bits per heavy atom. The van der Waals surface area contributed by atoms with Crippen LogP contribution in [0.3, 0.4) is 0 Å². The maximum absolute atomic E-state index is 12.7. The van der Waals surface area contributed by atoms with Crippen molar-refractivity contribution in [3.8, 4) is 11.5 Å². The van der Waals surface area contributed by atoms with Gasteiger partial charge in [-0.1, -0.05) is 12.1 Å². The standard InChI is InChI=1S/C20H21N3O3/c1-3-25-17-8-14-7-12(2)26-18(14)9-15(17)10-21-20(24)16-6-4-5-13-11-22-23-19(13)16/h4-6,8-9,11-12H,3,7,10H2,1-2H3,(H,21,24)(H,22,23)/t12-/m1/s1. The molecule has 134 valence electrons. The highest BCUT2D eigenvalue weighted by atomic mass is 16.5. The average molecular weight is 351 g/mol. The van der Waals surface area contributed by atoms with Gasteiger partial charge in [0.15, 0.2) is 0 Å². The number of carbonyl (C=O) groups is 1. The van der Waals surface area contributed by atoms with Crippen LogP contribution in [0.4, 0.5) is 0 Å². The number of benzene rings is 2. The molecule has 2 N–H and O–H groups in total. The molecule has 0 saturated heterocycles. The van der Waals surface area contributed by atoms with E-state index in [1.807, 2.05) is 38.1 Å². The highest BCUT2D eigenvalue weighted by Crippen LogP contribution is 2.35. The minimum absolute atomic E-state index is 0.155. The van der Waals surface area contributed by atoms with E-state index in [1.165, 1.54) is 0 Å². The number of hydrogen-bond donors (Lipinski definition) is 2. The van der Waals surface area contributed by atoms with Gasteiger partial charge in [-0.15, -0.1) is 0 Å². The number of fused-ring (bicyclic) bond motifs is 2. The molecule has 0 unspecified atom stereocenters. The van der Waals surface area contributed by atoms with E-state index >= 15 is 0 Å². The lowest BCUT2D eigenvalue weighted by Gasteiger charge is -2.13. The fourth-order valence-electron chi connectivity index (χ4n) is 3.34. The van der Waals surface area contributed by atoms with Crippen molar-refractivity contribution < 1.29 is 14.3 Å². The molecule has 6 nitrogen and oxygen atoms in total. The number of hydrogen-bond acceptors (Lipinski definition) is 4. The normalized spacial score (nSPS) is 15.5. The molecule has 1 atom stereocenters. The molecular formula is C20H21N3O3. The first-order chi connectivity index (χ1) is 12.7. The summed E-state index contributed by atoms with van der Waals surface area (Å²) in [4.78, 5) is 12.7. The van der Waals surface area contributed by atoms with Gasteiger partial charge in [0.1, 0.15) is 17.6 Å². The molecule has 2 heterocycles. The van der Waals surface area contributed by atoms with Crippen LogP contribution in [0.2, 0.25) is 0 Å². The van der Waals surface area contributed by atoms with Gasteiger partial charge in [-0.2, -0.15) is 5.10 Å². The molecule has 4 rings (SSSR count). The first kappa shape index (κ1) is 16.4. The zero-order valence-corrected chi connectivity index (χ0v) is 14.8. The highest BCUT2D eigenvalue weighted by Gasteiger charge is 2.22. The third-order valence-corrected chi connectivity index (χ3v) is 4.54. The summed E-state index contributed by atoms with van der Waals surface area (Å²) in [6.45, 7) is 4.94. The van der Waals surface area contributed by atoms with Crippen LogP contribution in [0.5, 0.6) is 11.5 Å². The summed E-state index contributed by atoms with van der Waals surface area (Å²) >= 11 is 0. The molecule has 1 aliphatic heterocycles. The van der Waals surface area contributed by atoms with Crippen LogP contribution in [0, 0.1) is 0 Å². The first-order valence-corrected chi connectivity index (χ1v) is 8.81. The minimum Gasteiger partial charge on any atom is -0.494 e. The van der Waals surface area contributed by atoms with Gasteiger partial charge in [-0.25, -0.2) is 0 Å². The predicted octanol–water partition coefficient (Wildman–Crippen LogP) is 3.22. The van der Waals surface area contributed by atoms with Crippen LogP contribution >= 0.6 is 0 Å². The number of para-hydroxylation sites is 1. The Labute approximate surface area is 151 Å². The molecule has 0 fully saturated rings. The Morgan fingerprint density at radius 3 is 3.15 bits per heavy atom. The zero-order valence-electron chi connectivity index (χ0n) is 14.8. The van der Waals surface area contributed by atoms with Crippen molar-refractivity contribution in [3.05, 3.63) is 53.2 Å². The monoisotopic (exact) mass is 351 g/mol. The maximum Gasteiger partial charge on any atom is 0.253 e. The molecule has 6 heteroatoms. The van der Waals surface area contributed by atoms with E-state index in [-0.39, 0.29) is 12.0 Å². The zero-order chi connectivity index (χ0) is 18.1. The van der Waals surface area contributed by atoms with Crippen molar-refractivity contribution >= 4 is 16.8 Å². The molecule has 1 aromatic heterocycles. The van der Waals surface area contributed by atoms with Crippen molar-refractivity contribution in [2.75, 3.05) is 6.61 Å². The number of amides is 1. The Hall–Kier alpha value is -3.02. The van der Waals surface area contributed by atoms with Gasteiger partial charge < -0.3 is 14.8 Å². The first-order valence-electron chi connectivity index (χ1n) is 8.81. The molecule has 26 heavy (non-hydrogen) atoms. The molecule has 2 aromatic carbocycles. The largest absolute Gasteiger partial charge is 0.494 e. The summed E-state index contributed by atoms with van der Waals surface area (Å²) in [6, 6.07) is 9.55. The predicted molar refractivity (Wildman–Crippen MR) is 98.7 cm³/mol. The second kappa shape index (κ2) is 6.71. The lowest BCUT2D eigenvalue weighted by Crippen LogP contribution is -2.23. The molecule has 1 amide bonds. The van der Waals surface area contributed by atoms with Crippen LogP contribution in [-0.4, -0.2) is 28.8 Å². The van der Waals surface area contributed by atoms with Crippen molar-refractivity contribution in [3.63, 3.8) is 0 Å². The smallest absolute Gasteiger partial charge is 0.253 e. The van der Waals surface area contributed by atoms with Gasteiger partial charge in [0.25, 0.3) is 5.91 Å². The van der Waals surface area contributed by atoms with Gasteiger partial charge in [-0.3, -0.25) is 9.89 Å². The fourth-order valence-corrected chi connectivity index (χ4v) is 3.34. The van der Waals surface area contributed by atoms with Crippen molar-refractivity contribution in [2.24, 2.45) is 0 Å². The lowest BCUT2D eigenvalue weighted by atomic mass is 10.1. The van der Waals surface area contributed by atoms with E-state index in [4.69, 9.17) is 9.47 Å². The lowest BCUT2D eigenvalue weighted by molar-refractivity contribution is 0.0952. The maximum atomic E-state index is 12.7. The highest BCUT2D eigenvalue weighted by molar-refractivity contribution is 6.05. The molecule has 0 spiro atoms. The Kier molecular flexibility index (Phi) is 4.24. The van der Waals surface area contributed by atoms with E-state index in [1.54, 1.807) is 12.3 Å². The third kappa shape index (κ3) is 2.98. The van der Waals surface area contributed by atoms with Crippen LogP contribution in [0.1, 0.15) is 35.3 Å². The third-order valence-electron chi connectivity index (χ3n) is 4.54. The number of ether oxygens (including phenoxy) is 2. The number of nitrogens with one attached hydrogen (secondary N) is 2. The molecule has 3 aromatic rings. The number of H-pyrrole nitrogens is 1. The molecular weight excluding hydrogens is 330 g/mol. The summed E-state index contributed by atoms with van der Waals surface area (Å²) in [5.41, 5.74) is 3.37. The topological polar surface area (TPSA) is 76.2 Å². The summed E-state index contributed by atoms with van der Waals surface area (Å²) in [6.07, 6.45) is 2.75. The Bertz CT molecular complexity index is 964. The second-order valence-electron chi connectivity index (χ2n) is 6.46. The Morgan fingerprint density at radius 2 is 2.31 bits per heavy atom. The molecule has 0 bridgehead atoms. The van der Waals surface area contributed by atoms with Gasteiger partial charge in [0, 0.05) is 29.5 Å². The average Bonchev–Trinajstić information content (AvgIpc) is 3.24. The number of rotatable bonds is 5. The van der Waals surface area contributed by atoms with E-state index in [0.717, 1.165) is 39.9 Å². The van der Waals surface area contributed by atoms with E-state index in [2.05, 4.69) is 15.5 Å². The molecule has 0 aliphatic carbocycles. The van der Waals surface area contributed by atoms with Gasteiger partial charge in [-0.05, 0) is 32.0 Å². The van der Waals surface area contributed by atoms with E-state index < -0.39 is 0 Å². The van der Waals surface area contributed by atoms with Gasteiger partial charge >= 0.3 is 0 Å². The summed E-state index contributed by atoms with van der Waals surface area (Å²) in [7, 11) is 0. The Balaban J connectivity index is 1.56. The van der Waals surface area contributed by atoms with Gasteiger partial charge in [0.05, 0.1) is 23.9 Å². The number of aromatic nitrogens is 2. The fraction of sp³-hybridized carbons (Fsp3) is 0.300. The van der Waals surface area contributed by atoms with Crippen LogP contribution < -0.4 is 14.8 Å². The van der Waals surface area contributed by atoms with Crippen molar-refractivity contribution in [1.29, 1.82) is 0 Å². The second-order valence-corrected chi connectivity index (χ2v) is 6.46. The number of nitrogens with zero attached hydrogens (tertiary/aromatic N) is 1. The SMILES string of the molecule is CCOc1cc2c(cc1CNC(=O)c1cccc3cn[nH]c13)O[C@H](C)C2. The van der Waals surface area contributed by atoms with Crippen LogP contribution in [0.15, 0.2) is 36.5 Å². The van der Waals surface area contributed by atoms with Crippen LogP contribution in [0.25, 0.3) is 10.9 Å². The van der Waals surface area contributed by atoms with Crippen LogP contribution in [-0.2, 0) is 13.0 Å². The summed E-state index contributed by atoms with van der Waals surface area (Å²) in [5, 5.41) is 10.8. The van der Waals surface area contributed by atoms with E-state index in [9.17, 15) is 4.79 Å².